The molecule has 4 rings (SSSR count). The Labute approximate surface area is 185 Å². The highest BCUT2D eigenvalue weighted by atomic mass is 35.5. The minimum Gasteiger partial charge on any atom is -0.462 e. The molecule has 30 heavy (non-hydrogen) atoms. The normalized spacial score (nSPS) is 43.9. The van der Waals surface area contributed by atoms with Crippen LogP contribution >= 0.6 is 12.4 Å². The molecule has 4 fully saturated rings. The van der Waals surface area contributed by atoms with Gasteiger partial charge in [0.05, 0.1) is 5.71 Å². The predicted molar refractivity (Wildman–Crippen MR) is 117 cm³/mol. The summed E-state index contributed by atoms with van der Waals surface area (Å²) >= 11 is 0. The first kappa shape index (κ1) is 23.5. The molecule has 7 heteroatoms. The lowest BCUT2D eigenvalue weighted by molar-refractivity contribution is -0.156. The van der Waals surface area contributed by atoms with Crippen LogP contribution in [0.15, 0.2) is 5.16 Å². The van der Waals surface area contributed by atoms with Gasteiger partial charge in [0, 0.05) is 24.2 Å². The monoisotopic (exact) mass is 440 g/mol. The van der Waals surface area contributed by atoms with E-state index in [1.54, 1.807) is 0 Å². The van der Waals surface area contributed by atoms with Gasteiger partial charge in [0.15, 0.2) is 0 Å². The Morgan fingerprint density at radius 1 is 1.23 bits per heavy atom. The minimum absolute atomic E-state index is 0. The van der Waals surface area contributed by atoms with Crippen LogP contribution in [0.1, 0.15) is 78.1 Å². The number of hydrogen-bond acceptors (Lipinski definition) is 6. The first-order valence-electron chi connectivity index (χ1n) is 11.5. The number of nitrogens with zero attached hydrogens (tertiary/aromatic N) is 1. The van der Waals surface area contributed by atoms with Crippen LogP contribution in [0.2, 0.25) is 0 Å². The van der Waals surface area contributed by atoms with Crippen LogP contribution in [0.4, 0.5) is 0 Å². The van der Waals surface area contributed by atoms with E-state index >= 15 is 0 Å². The van der Waals surface area contributed by atoms with Gasteiger partial charge < -0.3 is 15.7 Å². The molecule has 0 heterocycles. The highest BCUT2D eigenvalue weighted by Crippen LogP contribution is 2.65. The Morgan fingerprint density at radius 3 is 2.70 bits per heavy atom. The van der Waals surface area contributed by atoms with Crippen molar-refractivity contribution in [3.05, 3.63) is 0 Å². The number of oxime groups is 1. The zero-order valence-electron chi connectivity index (χ0n) is 18.3. The van der Waals surface area contributed by atoms with Gasteiger partial charge in [0.25, 0.3) is 0 Å². The second-order valence-corrected chi connectivity index (χ2v) is 10.4. The summed E-state index contributed by atoms with van der Waals surface area (Å²) in [5.41, 5.74) is 6.23. The first-order chi connectivity index (χ1) is 13.8. The van der Waals surface area contributed by atoms with E-state index in [9.17, 15) is 14.8 Å². The number of carbonyl (C=O) groups is 2. The van der Waals surface area contributed by atoms with Crippen LogP contribution in [0.3, 0.4) is 0 Å². The number of nitrogens with two attached hydrogens (primary N) is 1. The number of fused-ring (bicyclic) bond motifs is 5. The van der Waals surface area contributed by atoms with Crippen LogP contribution in [0, 0.1) is 34.5 Å². The molecular weight excluding hydrogens is 404 g/mol. The van der Waals surface area contributed by atoms with Crippen molar-refractivity contribution in [2.45, 2.75) is 84.2 Å². The van der Waals surface area contributed by atoms with Crippen LogP contribution in [0.25, 0.3) is 0 Å². The summed E-state index contributed by atoms with van der Waals surface area (Å²) in [5, 5.41) is 13.6. The predicted octanol–water partition coefficient (Wildman–Crippen LogP) is 4.11. The van der Waals surface area contributed by atoms with Crippen molar-refractivity contribution in [3.8, 4) is 0 Å². The Hall–Kier alpha value is -1.14. The van der Waals surface area contributed by atoms with Crippen LogP contribution in [0.5, 0.6) is 0 Å². The lowest BCUT2D eigenvalue weighted by atomic mass is 9.44. The summed E-state index contributed by atoms with van der Waals surface area (Å²) in [6.45, 7) is 5.02. The third-order valence-electron chi connectivity index (χ3n) is 9.15. The molecule has 0 amide bonds. The Kier molecular flexibility index (Phi) is 6.88. The van der Waals surface area contributed by atoms with E-state index in [4.69, 9.17) is 10.5 Å². The fourth-order valence-corrected chi connectivity index (χ4v) is 7.51. The quantitative estimate of drug-likeness (QED) is 0.389. The van der Waals surface area contributed by atoms with E-state index in [0.717, 1.165) is 50.7 Å². The lowest BCUT2D eigenvalue weighted by Gasteiger charge is -2.60. The second kappa shape index (κ2) is 8.78. The molecule has 4 aliphatic carbocycles. The van der Waals surface area contributed by atoms with Gasteiger partial charge in [-0.25, -0.2) is 0 Å². The van der Waals surface area contributed by atoms with E-state index in [0.29, 0.717) is 49.3 Å². The number of esters is 1. The zero-order chi connectivity index (χ0) is 20.8. The van der Waals surface area contributed by atoms with Crippen LogP contribution in [-0.4, -0.2) is 35.3 Å². The molecular formula is C23H37ClN2O4. The molecule has 0 aromatic rings. The Balaban J connectivity index is 0.00000256. The number of carbonyl (C=O) groups excluding carboxylic acids is 2. The van der Waals surface area contributed by atoms with Crippen molar-refractivity contribution >= 4 is 29.9 Å². The molecule has 0 spiro atoms. The number of Topliss-reactive ketones (excluding diaryl/α,β-unsaturated/α-hetero) is 1. The van der Waals surface area contributed by atoms with Crippen molar-refractivity contribution in [3.63, 3.8) is 0 Å². The van der Waals surface area contributed by atoms with Gasteiger partial charge in [0.2, 0.25) is 0 Å². The zero-order valence-corrected chi connectivity index (χ0v) is 19.1. The first-order valence-corrected chi connectivity index (χ1v) is 11.5. The second-order valence-electron chi connectivity index (χ2n) is 10.4. The maximum atomic E-state index is 12.6. The SMILES string of the molecule is C[C@]12CCC(OC(=O)CCCN)CC1/C(=N\O)C[C@@H]1[C@H]2CC[C@]2(C)C(=O)CC[C@@H]12.Cl. The summed E-state index contributed by atoms with van der Waals surface area (Å²) in [5.74, 6) is 1.81. The molecule has 0 aromatic carbocycles. The molecule has 0 aliphatic heterocycles. The molecule has 0 radical (unpaired) electrons. The van der Waals surface area contributed by atoms with E-state index in [-0.39, 0.29) is 41.2 Å². The third kappa shape index (κ3) is 3.68. The highest BCUT2D eigenvalue weighted by molar-refractivity contribution is 5.90. The number of rotatable bonds is 4. The fraction of sp³-hybridized carbons (Fsp3) is 0.870. The summed E-state index contributed by atoms with van der Waals surface area (Å²) in [6.07, 6.45) is 8.04. The molecule has 0 saturated heterocycles. The van der Waals surface area contributed by atoms with E-state index < -0.39 is 0 Å². The van der Waals surface area contributed by atoms with Crippen LogP contribution < -0.4 is 5.73 Å². The highest BCUT2D eigenvalue weighted by Gasteiger charge is 2.62. The molecule has 0 aromatic heterocycles. The van der Waals surface area contributed by atoms with Gasteiger partial charge in [-0.3, -0.25) is 9.59 Å². The molecule has 4 aliphatic rings. The number of halogens is 1. The molecule has 3 N–H and O–H groups in total. The largest absolute Gasteiger partial charge is 0.462 e. The molecule has 2 unspecified atom stereocenters. The molecule has 7 atom stereocenters. The van der Waals surface area contributed by atoms with Gasteiger partial charge in [-0.05, 0) is 81.1 Å². The molecule has 4 saturated carbocycles. The third-order valence-corrected chi connectivity index (χ3v) is 9.15. The molecule has 170 valence electrons. The van der Waals surface area contributed by atoms with Gasteiger partial charge in [-0.2, -0.15) is 0 Å². The minimum atomic E-state index is -0.180. The van der Waals surface area contributed by atoms with Crippen molar-refractivity contribution in [1.29, 1.82) is 0 Å². The topological polar surface area (TPSA) is 102 Å². The Morgan fingerprint density at radius 2 is 2.00 bits per heavy atom. The number of hydrogen-bond donors (Lipinski definition) is 2. The average molecular weight is 441 g/mol. The van der Waals surface area contributed by atoms with Crippen LogP contribution in [-0.2, 0) is 14.3 Å². The van der Waals surface area contributed by atoms with E-state index in [1.807, 2.05) is 0 Å². The van der Waals surface area contributed by atoms with Gasteiger partial charge in [-0.1, -0.05) is 19.0 Å². The average Bonchev–Trinajstić information content (AvgIpc) is 3.01. The Bertz CT molecular complexity index is 713. The summed E-state index contributed by atoms with van der Waals surface area (Å²) in [6, 6.07) is 0. The maximum Gasteiger partial charge on any atom is 0.306 e. The van der Waals surface area contributed by atoms with Crippen molar-refractivity contribution in [2.75, 3.05) is 6.54 Å². The van der Waals surface area contributed by atoms with Gasteiger partial charge in [-0.15, -0.1) is 12.4 Å². The summed E-state index contributed by atoms with van der Waals surface area (Å²) in [7, 11) is 0. The molecule has 6 nitrogen and oxygen atoms in total. The fourth-order valence-electron chi connectivity index (χ4n) is 7.51. The van der Waals surface area contributed by atoms with Crippen molar-refractivity contribution in [2.24, 2.45) is 45.4 Å². The smallest absolute Gasteiger partial charge is 0.306 e. The maximum absolute atomic E-state index is 12.6. The standard InChI is InChI=1S/C23H36N2O4.ClH/c1-22-9-7-14(29-21(27)4-3-11-24)12-18(22)19(25-28)13-15-16-5-6-20(26)23(16,2)10-8-17(15)22;/h14-18,28H,3-13,24H2,1-2H3;1H/b25-19-;/t14?,15-,16-,17+,18?,22+,23-;/m0./s1. The van der Waals surface area contributed by atoms with Gasteiger partial charge in [0.1, 0.15) is 11.9 Å². The number of ketones is 1. The summed E-state index contributed by atoms with van der Waals surface area (Å²) in [4.78, 5) is 24.7. The van der Waals surface area contributed by atoms with E-state index in [2.05, 4.69) is 19.0 Å². The van der Waals surface area contributed by atoms with Gasteiger partial charge >= 0.3 is 5.97 Å². The molecule has 0 bridgehead atoms. The van der Waals surface area contributed by atoms with E-state index in [1.165, 1.54) is 0 Å². The van der Waals surface area contributed by atoms with Crippen molar-refractivity contribution in [1.82, 2.24) is 0 Å². The lowest BCUT2D eigenvalue weighted by Crippen LogP contribution is -2.57. The van der Waals surface area contributed by atoms with Crippen molar-refractivity contribution < 1.29 is 19.5 Å². The number of ether oxygens (including phenoxy) is 1. The summed E-state index contributed by atoms with van der Waals surface area (Å²) < 4.78 is 5.74.